The fourth-order valence-electron chi connectivity index (χ4n) is 2.73. The second-order valence-corrected chi connectivity index (χ2v) is 8.11. The van der Waals surface area contributed by atoms with E-state index in [1.807, 2.05) is 73.0 Å². The van der Waals surface area contributed by atoms with Crippen LogP contribution in [0.5, 0.6) is 11.5 Å². The summed E-state index contributed by atoms with van der Waals surface area (Å²) >= 11 is 13.7. The average Bonchev–Trinajstić information content (AvgIpc) is 3.22. The normalized spacial score (nSPS) is 11.4. The Bertz CT molecular complexity index is 1170. The van der Waals surface area contributed by atoms with Crippen molar-refractivity contribution in [1.82, 2.24) is 4.98 Å². The number of thiazole rings is 1. The van der Waals surface area contributed by atoms with Crippen molar-refractivity contribution in [2.24, 2.45) is 5.10 Å². The van der Waals surface area contributed by atoms with Gasteiger partial charge in [0.15, 0.2) is 0 Å². The molecule has 0 aliphatic heterocycles. The summed E-state index contributed by atoms with van der Waals surface area (Å²) in [6.07, 6.45) is 0. The Hall–Kier alpha value is -2.86. The first-order valence-electron chi connectivity index (χ1n) is 9.13. The Balaban J connectivity index is 1.42. The Morgan fingerprint density at radius 1 is 0.967 bits per heavy atom. The van der Waals surface area contributed by atoms with Crippen molar-refractivity contribution in [2.75, 3.05) is 5.43 Å². The molecule has 1 aromatic heterocycles. The van der Waals surface area contributed by atoms with E-state index in [4.69, 9.17) is 27.9 Å². The molecule has 4 nitrogen and oxygen atoms in total. The first kappa shape index (κ1) is 20.4. The van der Waals surface area contributed by atoms with Gasteiger partial charge in [0.1, 0.15) is 11.5 Å². The van der Waals surface area contributed by atoms with Gasteiger partial charge in [-0.05, 0) is 67.1 Å². The van der Waals surface area contributed by atoms with Crippen LogP contribution in [0.3, 0.4) is 0 Å². The molecule has 3 aromatic carbocycles. The molecular weight excluding hydrogens is 437 g/mol. The molecule has 0 aliphatic carbocycles. The standard InChI is InChI=1S/C23H17Cl2N3OS/c1-15(16-7-10-19(11-8-16)29-18-5-3-2-4-6-18)27-28-23-26-22(14-30-23)20-12-9-17(24)13-21(20)25/h2-14H,1H3,(H,26,28). The van der Waals surface area contributed by atoms with Crippen molar-refractivity contribution in [1.29, 1.82) is 0 Å². The van der Waals surface area contributed by atoms with Gasteiger partial charge in [-0.2, -0.15) is 5.10 Å². The topological polar surface area (TPSA) is 46.5 Å². The number of para-hydroxylation sites is 1. The van der Waals surface area contributed by atoms with Crippen LogP contribution in [0.1, 0.15) is 12.5 Å². The third kappa shape index (κ3) is 5.00. The summed E-state index contributed by atoms with van der Waals surface area (Å²) in [4.78, 5) is 4.55. The zero-order chi connectivity index (χ0) is 20.9. The molecule has 0 unspecified atom stereocenters. The summed E-state index contributed by atoms with van der Waals surface area (Å²) in [5.74, 6) is 1.58. The molecule has 0 saturated heterocycles. The lowest BCUT2D eigenvalue weighted by Gasteiger charge is -2.06. The highest BCUT2D eigenvalue weighted by Crippen LogP contribution is 2.32. The quantitative estimate of drug-likeness (QED) is 0.239. The molecule has 30 heavy (non-hydrogen) atoms. The molecule has 0 aliphatic rings. The van der Waals surface area contributed by atoms with E-state index in [1.54, 1.807) is 12.1 Å². The third-order valence-electron chi connectivity index (χ3n) is 4.28. The monoisotopic (exact) mass is 453 g/mol. The van der Waals surface area contributed by atoms with Crippen molar-refractivity contribution < 1.29 is 4.74 Å². The summed E-state index contributed by atoms with van der Waals surface area (Å²) < 4.78 is 5.82. The lowest BCUT2D eigenvalue weighted by atomic mass is 10.1. The number of hydrogen-bond donors (Lipinski definition) is 1. The number of rotatable bonds is 6. The molecule has 0 atom stereocenters. The number of hydrogen-bond acceptors (Lipinski definition) is 5. The van der Waals surface area contributed by atoms with E-state index in [0.29, 0.717) is 15.2 Å². The highest BCUT2D eigenvalue weighted by molar-refractivity contribution is 7.14. The summed E-state index contributed by atoms with van der Waals surface area (Å²) in [5, 5.41) is 8.21. The van der Waals surface area contributed by atoms with E-state index in [2.05, 4.69) is 15.5 Å². The van der Waals surface area contributed by atoms with Gasteiger partial charge < -0.3 is 4.74 Å². The molecule has 0 radical (unpaired) electrons. The zero-order valence-electron chi connectivity index (χ0n) is 16.0. The predicted octanol–water partition coefficient (Wildman–Crippen LogP) is 7.75. The second kappa shape index (κ2) is 9.30. The zero-order valence-corrected chi connectivity index (χ0v) is 18.3. The maximum atomic E-state index is 6.27. The molecular formula is C23H17Cl2N3OS. The van der Waals surface area contributed by atoms with Gasteiger partial charge in [-0.3, -0.25) is 5.43 Å². The predicted molar refractivity (Wildman–Crippen MR) is 126 cm³/mol. The molecule has 0 bridgehead atoms. The number of aromatic nitrogens is 1. The van der Waals surface area contributed by atoms with Gasteiger partial charge >= 0.3 is 0 Å². The number of halogens is 2. The summed E-state index contributed by atoms with van der Waals surface area (Å²) in [5.41, 5.74) is 6.45. The van der Waals surface area contributed by atoms with Gasteiger partial charge in [-0.25, -0.2) is 4.98 Å². The molecule has 0 spiro atoms. The SMILES string of the molecule is CC(=NNc1nc(-c2ccc(Cl)cc2Cl)cs1)c1ccc(Oc2ccccc2)cc1. The van der Waals surface area contributed by atoms with Gasteiger partial charge in [-0.15, -0.1) is 11.3 Å². The second-order valence-electron chi connectivity index (χ2n) is 6.41. The molecule has 1 N–H and O–H groups in total. The lowest BCUT2D eigenvalue weighted by Crippen LogP contribution is -1.99. The van der Waals surface area contributed by atoms with Crippen molar-refractivity contribution in [3.8, 4) is 22.8 Å². The van der Waals surface area contributed by atoms with E-state index >= 15 is 0 Å². The minimum Gasteiger partial charge on any atom is -0.457 e. The lowest BCUT2D eigenvalue weighted by molar-refractivity contribution is 0.482. The number of anilines is 1. The van der Waals surface area contributed by atoms with Crippen LogP contribution in [-0.2, 0) is 0 Å². The highest BCUT2D eigenvalue weighted by Gasteiger charge is 2.09. The molecule has 0 amide bonds. The molecule has 0 saturated carbocycles. The Kier molecular flexibility index (Phi) is 6.33. The summed E-state index contributed by atoms with van der Waals surface area (Å²) in [6, 6.07) is 22.8. The Morgan fingerprint density at radius 2 is 1.70 bits per heavy atom. The van der Waals surface area contributed by atoms with E-state index < -0.39 is 0 Å². The Labute approximate surface area is 188 Å². The van der Waals surface area contributed by atoms with Crippen molar-refractivity contribution in [3.63, 3.8) is 0 Å². The number of nitrogens with one attached hydrogen (secondary N) is 1. The maximum absolute atomic E-state index is 6.27. The minimum absolute atomic E-state index is 0.567. The largest absolute Gasteiger partial charge is 0.457 e. The van der Waals surface area contributed by atoms with Gasteiger partial charge in [0, 0.05) is 16.0 Å². The van der Waals surface area contributed by atoms with Gasteiger partial charge in [0.05, 0.1) is 16.4 Å². The van der Waals surface area contributed by atoms with Crippen LogP contribution in [0.15, 0.2) is 83.3 Å². The molecule has 150 valence electrons. The van der Waals surface area contributed by atoms with Crippen LogP contribution in [-0.4, -0.2) is 10.7 Å². The van der Waals surface area contributed by atoms with Gasteiger partial charge in [-0.1, -0.05) is 41.4 Å². The number of hydrazone groups is 1. The molecule has 7 heteroatoms. The first-order chi connectivity index (χ1) is 14.6. The maximum Gasteiger partial charge on any atom is 0.203 e. The van der Waals surface area contributed by atoms with Gasteiger partial charge in [0.2, 0.25) is 5.13 Å². The minimum atomic E-state index is 0.567. The highest BCUT2D eigenvalue weighted by atomic mass is 35.5. The summed E-state index contributed by atoms with van der Waals surface area (Å²) in [6.45, 7) is 1.94. The third-order valence-corrected chi connectivity index (χ3v) is 5.58. The van der Waals surface area contributed by atoms with E-state index in [9.17, 15) is 0 Å². The van der Waals surface area contributed by atoms with Crippen LogP contribution >= 0.6 is 34.5 Å². The molecule has 4 rings (SSSR count). The van der Waals surface area contributed by atoms with Crippen LogP contribution in [0.4, 0.5) is 5.13 Å². The number of benzene rings is 3. The molecule has 0 fully saturated rings. The fourth-order valence-corrected chi connectivity index (χ4v) is 3.89. The molecule has 1 heterocycles. The van der Waals surface area contributed by atoms with E-state index in [0.717, 1.165) is 34.0 Å². The average molecular weight is 454 g/mol. The van der Waals surface area contributed by atoms with Crippen molar-refractivity contribution in [3.05, 3.63) is 93.8 Å². The smallest absolute Gasteiger partial charge is 0.203 e. The van der Waals surface area contributed by atoms with Crippen LogP contribution in [0.2, 0.25) is 10.0 Å². The Morgan fingerprint density at radius 3 is 2.43 bits per heavy atom. The van der Waals surface area contributed by atoms with Crippen molar-refractivity contribution in [2.45, 2.75) is 6.92 Å². The van der Waals surface area contributed by atoms with Crippen LogP contribution < -0.4 is 10.2 Å². The van der Waals surface area contributed by atoms with E-state index in [1.165, 1.54) is 11.3 Å². The number of ether oxygens (including phenoxy) is 1. The fraction of sp³-hybridized carbons (Fsp3) is 0.0435. The van der Waals surface area contributed by atoms with Crippen LogP contribution in [0.25, 0.3) is 11.3 Å². The van der Waals surface area contributed by atoms with Gasteiger partial charge in [0.25, 0.3) is 0 Å². The van der Waals surface area contributed by atoms with Crippen LogP contribution in [0, 0.1) is 0 Å². The first-order valence-corrected chi connectivity index (χ1v) is 10.8. The summed E-state index contributed by atoms with van der Waals surface area (Å²) in [7, 11) is 0. The number of nitrogens with zero attached hydrogens (tertiary/aromatic N) is 2. The van der Waals surface area contributed by atoms with Crippen molar-refractivity contribution >= 4 is 45.4 Å². The molecule has 4 aromatic rings. The van der Waals surface area contributed by atoms with E-state index in [-0.39, 0.29) is 0 Å².